The molecule has 0 unspecified atom stereocenters. The summed E-state index contributed by atoms with van der Waals surface area (Å²) in [5, 5.41) is 5.35. The van der Waals surface area contributed by atoms with Gasteiger partial charge in [0.05, 0.1) is 13.0 Å². The van der Waals surface area contributed by atoms with Gasteiger partial charge in [-0.25, -0.2) is 4.68 Å². The third kappa shape index (κ3) is 4.23. The first kappa shape index (κ1) is 15.4. The average Bonchev–Trinajstić information content (AvgIpc) is 2.88. The van der Waals surface area contributed by atoms with Crippen molar-refractivity contribution in [2.24, 2.45) is 4.99 Å². The van der Waals surface area contributed by atoms with Crippen LogP contribution < -0.4 is 4.80 Å². The minimum atomic E-state index is -0.151. The number of amides is 1. The molecule has 0 saturated heterocycles. The summed E-state index contributed by atoms with van der Waals surface area (Å²) in [4.78, 5) is 17.1. The highest BCUT2D eigenvalue weighted by atomic mass is 32.1. The van der Waals surface area contributed by atoms with E-state index in [1.165, 1.54) is 11.3 Å². The van der Waals surface area contributed by atoms with Gasteiger partial charge >= 0.3 is 0 Å². The number of nitrogens with zero attached hydrogens (tertiary/aromatic N) is 3. The Morgan fingerprint density at radius 3 is 2.30 bits per heavy atom. The summed E-state index contributed by atoms with van der Waals surface area (Å²) in [6.07, 6.45) is 0.309. The summed E-state index contributed by atoms with van der Waals surface area (Å²) in [5.41, 5.74) is 2.10. The van der Waals surface area contributed by atoms with Crippen LogP contribution in [0.15, 0.2) is 65.7 Å². The van der Waals surface area contributed by atoms with Crippen LogP contribution >= 0.6 is 11.3 Å². The van der Waals surface area contributed by atoms with E-state index in [0.717, 1.165) is 16.1 Å². The lowest BCUT2D eigenvalue weighted by molar-refractivity contribution is -0.117. The van der Waals surface area contributed by atoms with Crippen LogP contribution in [-0.2, 0) is 17.8 Å². The van der Waals surface area contributed by atoms with Crippen LogP contribution in [0.4, 0.5) is 0 Å². The number of hydrogen-bond acceptors (Lipinski definition) is 3. The van der Waals surface area contributed by atoms with Crippen molar-refractivity contribution >= 4 is 17.2 Å². The molecule has 0 spiro atoms. The van der Waals surface area contributed by atoms with Crippen molar-refractivity contribution in [1.29, 1.82) is 0 Å². The zero-order valence-electron chi connectivity index (χ0n) is 12.8. The van der Waals surface area contributed by atoms with E-state index < -0.39 is 0 Å². The molecule has 0 aliphatic heterocycles. The molecule has 3 rings (SSSR count). The van der Waals surface area contributed by atoms with Crippen molar-refractivity contribution in [2.45, 2.75) is 19.9 Å². The van der Waals surface area contributed by atoms with E-state index >= 15 is 0 Å². The van der Waals surface area contributed by atoms with Crippen LogP contribution in [-0.4, -0.2) is 15.7 Å². The van der Waals surface area contributed by atoms with Crippen LogP contribution in [0.25, 0.3) is 0 Å². The molecule has 0 atom stereocenters. The molecule has 2 aromatic carbocycles. The molecule has 0 bridgehead atoms. The highest BCUT2D eigenvalue weighted by molar-refractivity contribution is 7.08. The molecule has 0 fully saturated rings. The molecule has 0 N–H and O–H groups in total. The van der Waals surface area contributed by atoms with Gasteiger partial charge in [-0.2, -0.15) is 10.1 Å². The average molecular weight is 323 g/mol. The summed E-state index contributed by atoms with van der Waals surface area (Å²) >= 11 is 1.44. The van der Waals surface area contributed by atoms with Gasteiger partial charge in [-0.05, 0) is 18.1 Å². The fourth-order valence-electron chi connectivity index (χ4n) is 2.27. The van der Waals surface area contributed by atoms with Crippen molar-refractivity contribution in [3.05, 3.63) is 81.6 Å². The predicted octanol–water partition coefficient (Wildman–Crippen LogP) is 2.97. The second-order valence-corrected chi connectivity index (χ2v) is 6.37. The molecule has 23 heavy (non-hydrogen) atoms. The molecule has 3 aromatic rings. The highest BCUT2D eigenvalue weighted by Gasteiger charge is 2.06. The summed E-state index contributed by atoms with van der Waals surface area (Å²) in [5.74, 6) is -0.151. The van der Waals surface area contributed by atoms with Gasteiger partial charge in [0.15, 0.2) is 0 Å². The fourth-order valence-corrected chi connectivity index (χ4v) is 3.04. The molecular weight excluding hydrogens is 306 g/mol. The Labute approximate surface area is 138 Å². The molecule has 5 heteroatoms. The minimum absolute atomic E-state index is 0.151. The Bertz CT molecular complexity index is 851. The smallest absolute Gasteiger partial charge is 0.252 e. The van der Waals surface area contributed by atoms with E-state index in [9.17, 15) is 4.79 Å². The van der Waals surface area contributed by atoms with Crippen LogP contribution in [0.2, 0.25) is 0 Å². The van der Waals surface area contributed by atoms with Gasteiger partial charge < -0.3 is 0 Å². The van der Waals surface area contributed by atoms with Gasteiger partial charge in [-0.1, -0.05) is 72.0 Å². The largest absolute Gasteiger partial charge is 0.272 e. The lowest BCUT2D eigenvalue weighted by Crippen LogP contribution is -2.19. The molecule has 1 amide bonds. The predicted molar refractivity (Wildman–Crippen MR) is 91.1 cm³/mol. The van der Waals surface area contributed by atoms with Gasteiger partial charge in [0.1, 0.15) is 5.01 Å². The Kier molecular flexibility index (Phi) is 4.78. The van der Waals surface area contributed by atoms with Crippen LogP contribution in [0, 0.1) is 6.92 Å². The first-order valence-corrected chi connectivity index (χ1v) is 8.22. The maximum absolute atomic E-state index is 12.2. The molecular formula is C18H17N3OS. The standard InChI is InChI=1S/C18H17N3OS/c1-14-20-21(13-16-10-6-3-7-11-16)18(23-14)19-17(22)12-15-8-4-2-5-9-15/h2-11H,12-13H2,1H3. The summed E-state index contributed by atoms with van der Waals surface area (Å²) < 4.78 is 1.79. The van der Waals surface area contributed by atoms with Crippen LogP contribution in [0.3, 0.4) is 0 Å². The zero-order chi connectivity index (χ0) is 16.1. The van der Waals surface area contributed by atoms with Crippen molar-refractivity contribution < 1.29 is 4.79 Å². The molecule has 1 heterocycles. The number of hydrogen-bond donors (Lipinski definition) is 0. The molecule has 116 valence electrons. The second-order valence-electron chi connectivity index (χ2n) is 5.21. The van der Waals surface area contributed by atoms with Gasteiger partial charge in [0, 0.05) is 0 Å². The lowest BCUT2D eigenvalue weighted by atomic mass is 10.1. The van der Waals surface area contributed by atoms with Crippen molar-refractivity contribution in [3.63, 3.8) is 0 Å². The third-order valence-corrected chi connectivity index (χ3v) is 4.18. The lowest BCUT2D eigenvalue weighted by Gasteiger charge is -2.01. The first-order chi connectivity index (χ1) is 11.2. The Balaban J connectivity index is 1.83. The number of aromatic nitrogens is 2. The Morgan fingerprint density at radius 1 is 1.04 bits per heavy atom. The number of carbonyl (C=O) groups excluding carboxylic acids is 1. The molecule has 0 aliphatic rings. The van der Waals surface area contributed by atoms with E-state index in [4.69, 9.17) is 0 Å². The SMILES string of the molecule is Cc1nn(Cc2ccccc2)c(=NC(=O)Cc2ccccc2)s1. The van der Waals surface area contributed by atoms with E-state index in [2.05, 4.69) is 10.1 Å². The van der Waals surface area contributed by atoms with Gasteiger partial charge in [0.2, 0.25) is 4.80 Å². The maximum Gasteiger partial charge on any atom is 0.252 e. The van der Waals surface area contributed by atoms with E-state index in [-0.39, 0.29) is 5.91 Å². The molecule has 0 radical (unpaired) electrons. The third-order valence-electron chi connectivity index (χ3n) is 3.32. The van der Waals surface area contributed by atoms with Gasteiger partial charge in [0.25, 0.3) is 5.91 Å². The van der Waals surface area contributed by atoms with E-state index in [1.54, 1.807) is 4.68 Å². The normalized spacial score (nSPS) is 11.6. The molecule has 4 nitrogen and oxygen atoms in total. The van der Waals surface area contributed by atoms with Crippen LogP contribution in [0.1, 0.15) is 16.1 Å². The topological polar surface area (TPSA) is 47.2 Å². The fraction of sp³-hybridized carbons (Fsp3) is 0.167. The van der Waals surface area contributed by atoms with Crippen molar-refractivity contribution in [3.8, 4) is 0 Å². The number of aryl methyl sites for hydroxylation is 1. The van der Waals surface area contributed by atoms with Crippen LogP contribution in [0.5, 0.6) is 0 Å². The second kappa shape index (κ2) is 7.15. The number of rotatable bonds is 4. The van der Waals surface area contributed by atoms with Gasteiger partial charge in [-0.3, -0.25) is 4.79 Å². The van der Waals surface area contributed by atoms with Gasteiger partial charge in [-0.15, -0.1) is 0 Å². The van der Waals surface area contributed by atoms with E-state index in [1.807, 2.05) is 67.6 Å². The summed E-state index contributed by atoms with van der Waals surface area (Å²) in [6.45, 7) is 2.54. The monoisotopic (exact) mass is 323 g/mol. The Morgan fingerprint density at radius 2 is 1.65 bits per heavy atom. The van der Waals surface area contributed by atoms with Crippen molar-refractivity contribution in [2.75, 3.05) is 0 Å². The number of carbonyl (C=O) groups is 1. The Hall–Kier alpha value is -2.53. The minimum Gasteiger partial charge on any atom is -0.272 e. The molecule has 1 aromatic heterocycles. The summed E-state index contributed by atoms with van der Waals surface area (Å²) in [7, 11) is 0. The molecule has 0 saturated carbocycles. The first-order valence-electron chi connectivity index (χ1n) is 7.41. The van der Waals surface area contributed by atoms with Crippen molar-refractivity contribution in [1.82, 2.24) is 9.78 Å². The zero-order valence-corrected chi connectivity index (χ0v) is 13.7. The van der Waals surface area contributed by atoms with E-state index in [0.29, 0.717) is 17.8 Å². The highest BCUT2D eigenvalue weighted by Crippen LogP contribution is 2.04. The maximum atomic E-state index is 12.2. The number of benzene rings is 2. The molecule has 0 aliphatic carbocycles. The quantitative estimate of drug-likeness (QED) is 0.741. The summed E-state index contributed by atoms with van der Waals surface area (Å²) in [6, 6.07) is 19.7.